The van der Waals surface area contributed by atoms with Gasteiger partial charge in [0.25, 0.3) is 5.91 Å². The minimum Gasteiger partial charge on any atom is -0.497 e. The summed E-state index contributed by atoms with van der Waals surface area (Å²) in [6, 6.07) is 7.10. The van der Waals surface area contributed by atoms with Gasteiger partial charge >= 0.3 is 5.97 Å². The molecule has 1 amide bonds. The maximum atomic E-state index is 11.8. The predicted octanol–water partition coefficient (Wildman–Crippen LogP) is 1.15. The summed E-state index contributed by atoms with van der Waals surface area (Å²) in [4.78, 5) is 27.0. The molecule has 1 aromatic heterocycles. The first kappa shape index (κ1) is 13.8. The Morgan fingerprint density at radius 1 is 1.25 bits per heavy atom. The number of hydrogen-bond donors (Lipinski definition) is 1. The summed E-state index contributed by atoms with van der Waals surface area (Å²) in [5.74, 6) is -0.176. The fourth-order valence-corrected chi connectivity index (χ4v) is 1.68. The van der Waals surface area contributed by atoms with Crippen LogP contribution in [0.1, 0.15) is 10.4 Å². The number of nitrogens with zero attached hydrogens (tertiary/aromatic N) is 1. The number of fused-ring (bicyclic) bond motifs is 1. The summed E-state index contributed by atoms with van der Waals surface area (Å²) in [5.41, 5.74) is 1.11. The summed E-state index contributed by atoms with van der Waals surface area (Å²) in [6.45, 7) is -0.171. The number of benzene rings is 1. The molecule has 1 N–H and O–H groups in total. The van der Waals surface area contributed by atoms with Gasteiger partial charge in [0.05, 0.1) is 25.3 Å². The van der Waals surface area contributed by atoms with Gasteiger partial charge in [0.1, 0.15) is 12.3 Å². The van der Waals surface area contributed by atoms with E-state index in [1.807, 2.05) is 6.07 Å². The number of amides is 1. The molecular weight excluding hydrogens is 260 g/mol. The van der Waals surface area contributed by atoms with Crippen LogP contribution in [0.4, 0.5) is 0 Å². The molecule has 0 saturated carbocycles. The van der Waals surface area contributed by atoms with E-state index < -0.39 is 5.97 Å². The smallest absolute Gasteiger partial charge is 0.325 e. The lowest BCUT2D eigenvalue weighted by Gasteiger charge is -2.06. The Balaban J connectivity index is 2.19. The number of esters is 1. The molecule has 2 rings (SSSR count). The van der Waals surface area contributed by atoms with Crippen LogP contribution in [0.5, 0.6) is 5.75 Å². The van der Waals surface area contributed by atoms with Crippen LogP contribution >= 0.6 is 0 Å². The van der Waals surface area contributed by atoms with Crippen molar-refractivity contribution in [2.75, 3.05) is 20.8 Å². The largest absolute Gasteiger partial charge is 0.497 e. The van der Waals surface area contributed by atoms with Crippen molar-refractivity contribution in [2.24, 2.45) is 0 Å². The highest BCUT2D eigenvalue weighted by Crippen LogP contribution is 2.19. The highest BCUT2D eigenvalue weighted by Gasteiger charge is 2.09. The number of ether oxygens (including phenoxy) is 2. The SMILES string of the molecule is COC(=O)CNC(=O)c1cnc2cc(OC)ccc2c1. The number of hydrogen-bond acceptors (Lipinski definition) is 5. The van der Waals surface area contributed by atoms with Crippen molar-refractivity contribution in [3.63, 3.8) is 0 Å². The first-order valence-corrected chi connectivity index (χ1v) is 5.93. The minimum absolute atomic E-state index is 0.171. The molecule has 1 heterocycles. The quantitative estimate of drug-likeness (QED) is 0.846. The Morgan fingerprint density at radius 2 is 2.05 bits per heavy atom. The summed E-state index contributed by atoms with van der Waals surface area (Å²) in [7, 11) is 2.84. The van der Waals surface area contributed by atoms with Crippen molar-refractivity contribution in [2.45, 2.75) is 0 Å². The van der Waals surface area contributed by atoms with E-state index in [9.17, 15) is 9.59 Å². The molecule has 6 heteroatoms. The summed E-state index contributed by atoms with van der Waals surface area (Å²) in [5, 5.41) is 3.27. The van der Waals surface area contributed by atoms with Crippen LogP contribution in [0, 0.1) is 0 Å². The van der Waals surface area contributed by atoms with Gasteiger partial charge in [-0.3, -0.25) is 14.6 Å². The highest BCUT2D eigenvalue weighted by molar-refractivity contribution is 5.98. The molecule has 1 aromatic carbocycles. The number of rotatable bonds is 4. The minimum atomic E-state index is -0.503. The zero-order chi connectivity index (χ0) is 14.5. The van der Waals surface area contributed by atoms with Crippen molar-refractivity contribution in [1.82, 2.24) is 10.3 Å². The van der Waals surface area contributed by atoms with E-state index in [0.717, 1.165) is 10.9 Å². The van der Waals surface area contributed by atoms with Gasteiger partial charge in [-0.15, -0.1) is 0 Å². The molecule has 0 unspecified atom stereocenters. The van der Waals surface area contributed by atoms with E-state index >= 15 is 0 Å². The third kappa shape index (κ3) is 3.03. The molecule has 20 heavy (non-hydrogen) atoms. The average Bonchev–Trinajstić information content (AvgIpc) is 2.50. The topological polar surface area (TPSA) is 77.5 Å². The molecule has 2 aromatic rings. The highest BCUT2D eigenvalue weighted by atomic mass is 16.5. The van der Waals surface area contributed by atoms with E-state index in [4.69, 9.17) is 4.74 Å². The van der Waals surface area contributed by atoms with E-state index in [-0.39, 0.29) is 12.5 Å². The van der Waals surface area contributed by atoms with E-state index in [2.05, 4.69) is 15.0 Å². The summed E-state index contributed by atoms with van der Waals surface area (Å²) in [6.07, 6.45) is 1.45. The van der Waals surface area contributed by atoms with E-state index in [1.54, 1.807) is 25.3 Å². The van der Waals surface area contributed by atoms with Gasteiger partial charge in [0.15, 0.2) is 0 Å². The van der Waals surface area contributed by atoms with Crippen molar-refractivity contribution >= 4 is 22.8 Å². The van der Waals surface area contributed by atoms with Crippen LogP contribution in [0.2, 0.25) is 0 Å². The van der Waals surface area contributed by atoms with Gasteiger partial charge in [-0.2, -0.15) is 0 Å². The van der Waals surface area contributed by atoms with Crippen molar-refractivity contribution in [3.05, 3.63) is 36.0 Å². The Morgan fingerprint density at radius 3 is 2.75 bits per heavy atom. The number of nitrogens with one attached hydrogen (secondary N) is 1. The molecule has 0 saturated heterocycles. The fourth-order valence-electron chi connectivity index (χ4n) is 1.68. The number of pyridine rings is 1. The van der Waals surface area contributed by atoms with Gasteiger partial charge in [-0.05, 0) is 18.2 Å². The lowest BCUT2D eigenvalue weighted by molar-refractivity contribution is -0.139. The van der Waals surface area contributed by atoms with Gasteiger partial charge < -0.3 is 14.8 Å². The lowest BCUT2D eigenvalue weighted by atomic mass is 10.1. The standard InChI is InChI=1S/C14H14N2O4/c1-19-11-4-3-9-5-10(7-15-12(9)6-11)14(18)16-8-13(17)20-2/h3-7H,8H2,1-2H3,(H,16,18). The number of aromatic nitrogens is 1. The molecule has 0 aliphatic heterocycles. The van der Waals surface area contributed by atoms with Crippen molar-refractivity contribution < 1.29 is 19.1 Å². The Hall–Kier alpha value is -2.63. The molecule has 0 radical (unpaired) electrons. The molecule has 0 aliphatic carbocycles. The summed E-state index contributed by atoms with van der Waals surface area (Å²) >= 11 is 0. The third-order valence-corrected chi connectivity index (χ3v) is 2.77. The van der Waals surface area contributed by atoms with Crippen molar-refractivity contribution in [3.8, 4) is 5.75 Å². The second kappa shape index (κ2) is 6.01. The zero-order valence-electron chi connectivity index (χ0n) is 11.2. The van der Waals surface area contributed by atoms with Gasteiger partial charge in [0, 0.05) is 17.6 Å². The van der Waals surface area contributed by atoms with Crippen LogP contribution in [-0.4, -0.2) is 37.6 Å². The number of carbonyl (C=O) groups excluding carboxylic acids is 2. The second-order valence-electron chi connectivity index (χ2n) is 4.04. The van der Waals surface area contributed by atoms with Gasteiger partial charge in [-0.1, -0.05) is 0 Å². The third-order valence-electron chi connectivity index (χ3n) is 2.77. The van der Waals surface area contributed by atoms with Crippen LogP contribution in [0.3, 0.4) is 0 Å². The molecule has 0 atom stereocenters. The second-order valence-corrected chi connectivity index (χ2v) is 4.04. The molecular formula is C14H14N2O4. The van der Waals surface area contributed by atoms with Crippen LogP contribution in [-0.2, 0) is 9.53 Å². The maximum Gasteiger partial charge on any atom is 0.325 e. The van der Waals surface area contributed by atoms with Crippen LogP contribution < -0.4 is 10.1 Å². The first-order chi connectivity index (χ1) is 9.63. The predicted molar refractivity (Wildman–Crippen MR) is 72.6 cm³/mol. The number of methoxy groups -OCH3 is 2. The Bertz CT molecular complexity index is 655. The molecule has 0 aliphatic rings. The summed E-state index contributed by atoms with van der Waals surface area (Å²) < 4.78 is 9.56. The van der Waals surface area contributed by atoms with E-state index in [0.29, 0.717) is 11.3 Å². The fraction of sp³-hybridized carbons (Fsp3) is 0.214. The molecule has 104 valence electrons. The Kier molecular flexibility index (Phi) is 4.14. The van der Waals surface area contributed by atoms with Crippen molar-refractivity contribution in [1.29, 1.82) is 0 Å². The average molecular weight is 274 g/mol. The van der Waals surface area contributed by atoms with Gasteiger partial charge in [0.2, 0.25) is 0 Å². The van der Waals surface area contributed by atoms with E-state index in [1.165, 1.54) is 13.3 Å². The monoisotopic (exact) mass is 274 g/mol. The van der Waals surface area contributed by atoms with Crippen LogP contribution in [0.15, 0.2) is 30.5 Å². The maximum absolute atomic E-state index is 11.8. The van der Waals surface area contributed by atoms with Crippen LogP contribution in [0.25, 0.3) is 10.9 Å². The molecule has 0 bridgehead atoms. The molecule has 0 spiro atoms. The molecule has 6 nitrogen and oxygen atoms in total. The Labute approximate surface area is 115 Å². The number of carbonyl (C=O) groups is 2. The normalized spacial score (nSPS) is 10.1. The first-order valence-electron chi connectivity index (χ1n) is 5.93. The van der Waals surface area contributed by atoms with Gasteiger partial charge in [-0.25, -0.2) is 0 Å². The molecule has 0 fully saturated rings. The zero-order valence-corrected chi connectivity index (χ0v) is 11.2. The lowest BCUT2D eigenvalue weighted by Crippen LogP contribution is -2.30.